The number of rotatable bonds is 4. The molecule has 152 valence electrons. The molecule has 1 aliphatic carbocycles. The molecule has 2 aliphatic heterocycles. The molecule has 3 aliphatic rings. The second kappa shape index (κ2) is 8.54. The Kier molecular flexibility index (Phi) is 5.88. The largest absolute Gasteiger partial charge is 0.352 e. The molecule has 1 amide bonds. The summed E-state index contributed by atoms with van der Waals surface area (Å²) >= 11 is 0. The Balaban J connectivity index is 1.29. The van der Waals surface area contributed by atoms with Gasteiger partial charge in [-0.05, 0) is 42.2 Å². The molecule has 1 N–H and O–H groups in total. The zero-order chi connectivity index (χ0) is 19.4. The lowest BCUT2D eigenvalue weighted by molar-refractivity contribution is -0.128. The first kappa shape index (κ1) is 19.3. The third kappa shape index (κ3) is 4.34. The SMILES string of the molecule is CN=C(NCc1ccc(CN2CCCC2=O)cc1)N1CCC2(CCCCC2)C1. The molecule has 2 saturated heterocycles. The van der Waals surface area contributed by atoms with Crippen LogP contribution in [-0.2, 0) is 17.9 Å². The second-order valence-corrected chi connectivity index (χ2v) is 8.87. The highest BCUT2D eigenvalue weighted by molar-refractivity contribution is 5.80. The lowest BCUT2D eigenvalue weighted by Crippen LogP contribution is -2.41. The number of hydrogen-bond acceptors (Lipinski definition) is 2. The van der Waals surface area contributed by atoms with Gasteiger partial charge in [-0.1, -0.05) is 43.5 Å². The standard InChI is InChI=1S/C23H34N4O/c1-24-22(27-15-13-23(18-27)11-3-2-4-12-23)25-16-19-7-9-20(10-8-19)17-26-14-5-6-21(26)28/h7-10H,2-6,11-18H2,1H3,(H,24,25). The molecule has 2 heterocycles. The molecule has 4 rings (SSSR count). The molecule has 1 spiro atoms. The number of aliphatic imine (C=N–C) groups is 1. The van der Waals surface area contributed by atoms with Crippen LogP contribution in [0.15, 0.2) is 29.3 Å². The molecule has 1 aromatic carbocycles. The van der Waals surface area contributed by atoms with E-state index in [1.165, 1.54) is 49.7 Å². The number of carbonyl (C=O) groups excluding carboxylic acids is 1. The number of nitrogens with one attached hydrogen (secondary N) is 1. The first-order valence-electron chi connectivity index (χ1n) is 11.0. The van der Waals surface area contributed by atoms with Crippen LogP contribution in [0.4, 0.5) is 0 Å². The molecule has 0 unspecified atom stereocenters. The highest BCUT2D eigenvalue weighted by Crippen LogP contribution is 2.43. The zero-order valence-electron chi connectivity index (χ0n) is 17.3. The molecule has 0 aromatic heterocycles. The molecular formula is C23H34N4O. The minimum atomic E-state index is 0.288. The summed E-state index contributed by atoms with van der Waals surface area (Å²) in [6, 6.07) is 8.64. The van der Waals surface area contributed by atoms with Gasteiger partial charge in [0.15, 0.2) is 5.96 Å². The van der Waals surface area contributed by atoms with Gasteiger partial charge in [0.2, 0.25) is 5.91 Å². The van der Waals surface area contributed by atoms with Crippen molar-refractivity contribution >= 4 is 11.9 Å². The van der Waals surface area contributed by atoms with Crippen molar-refractivity contribution in [2.24, 2.45) is 10.4 Å². The van der Waals surface area contributed by atoms with Gasteiger partial charge in [0.05, 0.1) is 0 Å². The van der Waals surface area contributed by atoms with Crippen molar-refractivity contribution in [3.63, 3.8) is 0 Å². The van der Waals surface area contributed by atoms with Crippen LogP contribution in [0.25, 0.3) is 0 Å². The third-order valence-electron chi connectivity index (χ3n) is 6.88. The van der Waals surface area contributed by atoms with Gasteiger partial charge < -0.3 is 15.1 Å². The van der Waals surface area contributed by atoms with E-state index in [0.717, 1.165) is 45.1 Å². The van der Waals surface area contributed by atoms with Gasteiger partial charge in [0, 0.05) is 46.2 Å². The summed E-state index contributed by atoms with van der Waals surface area (Å²) in [7, 11) is 1.89. The third-order valence-corrected chi connectivity index (χ3v) is 6.88. The van der Waals surface area contributed by atoms with E-state index in [1.807, 2.05) is 11.9 Å². The number of benzene rings is 1. The number of hydrogen-bond donors (Lipinski definition) is 1. The fraction of sp³-hybridized carbons (Fsp3) is 0.652. The van der Waals surface area contributed by atoms with Gasteiger partial charge in [-0.2, -0.15) is 0 Å². The zero-order valence-corrected chi connectivity index (χ0v) is 17.3. The molecule has 0 atom stereocenters. The number of carbonyl (C=O) groups is 1. The van der Waals surface area contributed by atoms with E-state index >= 15 is 0 Å². The van der Waals surface area contributed by atoms with Crippen molar-refractivity contribution in [3.05, 3.63) is 35.4 Å². The van der Waals surface area contributed by atoms with Crippen LogP contribution in [-0.4, -0.2) is 48.3 Å². The highest BCUT2D eigenvalue weighted by Gasteiger charge is 2.39. The number of likely N-dealkylation sites (tertiary alicyclic amines) is 2. The van der Waals surface area contributed by atoms with Crippen LogP contribution in [0, 0.1) is 5.41 Å². The quantitative estimate of drug-likeness (QED) is 0.640. The van der Waals surface area contributed by atoms with E-state index in [9.17, 15) is 4.79 Å². The molecule has 5 nitrogen and oxygen atoms in total. The van der Waals surface area contributed by atoms with E-state index in [2.05, 4.69) is 39.5 Å². The Labute approximate surface area is 169 Å². The minimum Gasteiger partial charge on any atom is -0.352 e. The van der Waals surface area contributed by atoms with Gasteiger partial charge in [0.1, 0.15) is 0 Å². The van der Waals surface area contributed by atoms with Gasteiger partial charge in [-0.3, -0.25) is 9.79 Å². The van der Waals surface area contributed by atoms with E-state index in [4.69, 9.17) is 0 Å². The Bertz CT molecular complexity index is 706. The topological polar surface area (TPSA) is 47.9 Å². The Morgan fingerprint density at radius 2 is 1.79 bits per heavy atom. The number of amides is 1. The van der Waals surface area contributed by atoms with Gasteiger partial charge >= 0.3 is 0 Å². The smallest absolute Gasteiger partial charge is 0.222 e. The first-order chi connectivity index (χ1) is 13.7. The molecule has 28 heavy (non-hydrogen) atoms. The summed E-state index contributed by atoms with van der Waals surface area (Å²) in [5.41, 5.74) is 3.01. The van der Waals surface area contributed by atoms with Crippen molar-refractivity contribution in [2.45, 2.75) is 64.5 Å². The predicted octanol–water partition coefficient (Wildman–Crippen LogP) is 3.54. The lowest BCUT2D eigenvalue weighted by Gasteiger charge is -2.33. The number of guanidine groups is 1. The average molecular weight is 383 g/mol. The Hall–Kier alpha value is -2.04. The summed E-state index contributed by atoms with van der Waals surface area (Å²) in [6.07, 6.45) is 10.0. The molecule has 0 radical (unpaired) electrons. The minimum absolute atomic E-state index is 0.288. The predicted molar refractivity (Wildman–Crippen MR) is 113 cm³/mol. The van der Waals surface area contributed by atoms with Crippen LogP contribution in [0.5, 0.6) is 0 Å². The summed E-state index contributed by atoms with van der Waals surface area (Å²) in [5.74, 6) is 1.32. The maximum atomic E-state index is 11.8. The second-order valence-electron chi connectivity index (χ2n) is 8.87. The Morgan fingerprint density at radius 1 is 1.04 bits per heavy atom. The molecule has 5 heteroatoms. The van der Waals surface area contributed by atoms with E-state index in [-0.39, 0.29) is 5.91 Å². The average Bonchev–Trinajstić information content (AvgIpc) is 3.31. The monoisotopic (exact) mass is 382 g/mol. The molecule has 1 aromatic rings. The fourth-order valence-corrected chi connectivity index (χ4v) is 5.19. The number of nitrogens with zero attached hydrogens (tertiary/aromatic N) is 3. The van der Waals surface area contributed by atoms with Crippen LogP contribution < -0.4 is 5.32 Å². The van der Waals surface area contributed by atoms with Crippen LogP contribution in [0.1, 0.15) is 62.5 Å². The van der Waals surface area contributed by atoms with Crippen molar-refractivity contribution in [3.8, 4) is 0 Å². The summed E-state index contributed by atoms with van der Waals surface area (Å²) in [5, 5.41) is 3.56. The summed E-state index contributed by atoms with van der Waals surface area (Å²) in [6.45, 7) is 4.72. The molecule has 3 fully saturated rings. The highest BCUT2D eigenvalue weighted by atomic mass is 16.2. The normalized spacial score (nSPS) is 22.3. The maximum Gasteiger partial charge on any atom is 0.222 e. The fourth-order valence-electron chi connectivity index (χ4n) is 5.19. The molecule has 0 bridgehead atoms. The van der Waals surface area contributed by atoms with E-state index in [0.29, 0.717) is 11.8 Å². The Morgan fingerprint density at radius 3 is 2.46 bits per heavy atom. The van der Waals surface area contributed by atoms with Crippen LogP contribution in [0.3, 0.4) is 0 Å². The molecular weight excluding hydrogens is 348 g/mol. The van der Waals surface area contributed by atoms with Crippen molar-refractivity contribution in [2.75, 3.05) is 26.7 Å². The first-order valence-corrected chi connectivity index (χ1v) is 11.0. The molecule has 1 saturated carbocycles. The van der Waals surface area contributed by atoms with E-state index in [1.54, 1.807) is 0 Å². The van der Waals surface area contributed by atoms with Crippen molar-refractivity contribution in [1.29, 1.82) is 0 Å². The lowest BCUT2D eigenvalue weighted by atomic mass is 9.73. The van der Waals surface area contributed by atoms with Gasteiger partial charge in [-0.15, -0.1) is 0 Å². The van der Waals surface area contributed by atoms with Crippen LogP contribution >= 0.6 is 0 Å². The summed E-state index contributed by atoms with van der Waals surface area (Å²) in [4.78, 5) is 20.8. The van der Waals surface area contributed by atoms with Crippen LogP contribution in [0.2, 0.25) is 0 Å². The van der Waals surface area contributed by atoms with Gasteiger partial charge in [-0.25, -0.2) is 0 Å². The van der Waals surface area contributed by atoms with Gasteiger partial charge in [0.25, 0.3) is 0 Å². The van der Waals surface area contributed by atoms with Crippen molar-refractivity contribution < 1.29 is 4.79 Å². The van der Waals surface area contributed by atoms with E-state index < -0.39 is 0 Å². The van der Waals surface area contributed by atoms with Crippen molar-refractivity contribution in [1.82, 2.24) is 15.1 Å². The maximum absolute atomic E-state index is 11.8. The summed E-state index contributed by atoms with van der Waals surface area (Å²) < 4.78 is 0.